The molecule has 1 aliphatic carbocycles. The number of fused-ring (bicyclic) bond motifs is 2. The van der Waals surface area contributed by atoms with Crippen molar-refractivity contribution in [2.45, 2.75) is 32.4 Å². The van der Waals surface area contributed by atoms with Gasteiger partial charge in [0, 0.05) is 18.0 Å². The first kappa shape index (κ1) is 21.5. The average molecular weight is 438 g/mol. The van der Waals surface area contributed by atoms with Gasteiger partial charge in [-0.15, -0.1) is 11.3 Å². The summed E-state index contributed by atoms with van der Waals surface area (Å²) in [7, 11) is 6.46. The van der Waals surface area contributed by atoms with Crippen molar-refractivity contribution in [2.24, 2.45) is 5.41 Å². The Bertz CT molecular complexity index is 1120. The van der Waals surface area contributed by atoms with Gasteiger partial charge in [-0.05, 0) is 36.1 Å². The lowest BCUT2D eigenvalue weighted by Gasteiger charge is -2.28. The van der Waals surface area contributed by atoms with E-state index in [1.165, 1.54) is 5.56 Å². The van der Waals surface area contributed by atoms with Crippen LogP contribution < -0.4 is 10.4 Å². The van der Waals surface area contributed by atoms with Crippen LogP contribution >= 0.6 is 11.3 Å². The molecule has 0 unspecified atom stereocenters. The number of nitrogens with one attached hydrogen (secondary N) is 1. The molecule has 4 rings (SSSR count). The maximum Gasteiger partial charge on any atom is 0.227 e. The first-order chi connectivity index (χ1) is 14.6. The lowest BCUT2D eigenvalue weighted by Crippen LogP contribution is -2.45. The highest BCUT2D eigenvalue weighted by molar-refractivity contribution is 7.18. The molecule has 0 atom stereocenters. The Balaban J connectivity index is 1.49. The molecule has 0 radical (unpaired) electrons. The molecule has 1 heterocycles. The average Bonchev–Trinajstić information content (AvgIpc) is 3.24. The van der Waals surface area contributed by atoms with Gasteiger partial charge in [0.15, 0.2) is 0 Å². The van der Waals surface area contributed by atoms with Crippen molar-refractivity contribution in [3.8, 4) is 0 Å². The highest BCUT2D eigenvalue weighted by Gasteiger charge is 2.43. The zero-order chi connectivity index (χ0) is 22.2. The summed E-state index contributed by atoms with van der Waals surface area (Å²) in [6.07, 6.45) is 0.538. The molecular weight excluding hydrogens is 410 g/mol. The lowest BCUT2D eigenvalue weighted by molar-refractivity contribution is -0.883. The first-order valence-electron chi connectivity index (χ1n) is 10.4. The van der Waals surface area contributed by atoms with Gasteiger partial charge in [-0.25, -0.2) is 4.98 Å². The second-order valence-electron chi connectivity index (χ2n) is 9.49. The number of hydrogen-bond acceptors (Lipinski definition) is 5. The second kappa shape index (κ2) is 8.05. The van der Waals surface area contributed by atoms with E-state index in [-0.39, 0.29) is 18.9 Å². The van der Waals surface area contributed by atoms with Gasteiger partial charge in [-0.1, -0.05) is 30.3 Å². The molecule has 31 heavy (non-hydrogen) atoms. The number of carbonyl (C=O) groups excluding carboxylic acids is 2. The molecule has 3 aromatic rings. The van der Waals surface area contributed by atoms with E-state index in [1.807, 2.05) is 30.3 Å². The van der Waals surface area contributed by atoms with Gasteiger partial charge in [-0.3, -0.25) is 4.79 Å². The Morgan fingerprint density at radius 1 is 1.13 bits per heavy atom. The zero-order valence-electron chi connectivity index (χ0n) is 18.1. The Hall–Kier alpha value is -2.77. The van der Waals surface area contributed by atoms with Gasteiger partial charge in [-0.2, -0.15) is 0 Å². The third-order valence-corrected chi connectivity index (χ3v) is 6.71. The van der Waals surface area contributed by atoms with E-state index in [0.29, 0.717) is 12.8 Å². The third-order valence-electron chi connectivity index (χ3n) is 5.69. The van der Waals surface area contributed by atoms with Crippen LogP contribution in [0.15, 0.2) is 42.5 Å². The first-order valence-corrected chi connectivity index (χ1v) is 11.2. The topological polar surface area (TPSA) is 82.1 Å². The molecule has 1 N–H and O–H groups in total. The van der Waals surface area contributed by atoms with Crippen LogP contribution in [0.4, 0.5) is 0 Å². The Morgan fingerprint density at radius 2 is 1.81 bits per heavy atom. The summed E-state index contributed by atoms with van der Waals surface area (Å²) in [6, 6.07) is 14.0. The van der Waals surface area contributed by atoms with Gasteiger partial charge in [0.05, 0.1) is 43.3 Å². The fraction of sp³-hybridized carbons (Fsp3) is 0.375. The molecule has 1 aliphatic rings. The number of carboxylic acid groups (broad SMARTS) is 1. The van der Waals surface area contributed by atoms with Crippen LogP contribution in [0.5, 0.6) is 0 Å². The fourth-order valence-electron chi connectivity index (χ4n) is 4.42. The van der Waals surface area contributed by atoms with Crippen LogP contribution in [0.25, 0.3) is 10.2 Å². The van der Waals surface area contributed by atoms with Gasteiger partial charge in [0.1, 0.15) is 11.6 Å². The van der Waals surface area contributed by atoms with Crippen molar-refractivity contribution in [3.63, 3.8) is 0 Å². The highest BCUT2D eigenvalue weighted by atomic mass is 32.1. The molecule has 0 saturated heterocycles. The molecule has 0 fully saturated rings. The molecule has 0 bridgehead atoms. The molecule has 0 saturated carbocycles. The fourth-order valence-corrected chi connectivity index (χ4v) is 5.39. The number of hydrogen-bond donors (Lipinski definition) is 1. The molecule has 2 aromatic carbocycles. The highest BCUT2D eigenvalue weighted by Crippen LogP contribution is 2.40. The molecule has 1 aromatic heterocycles. The summed E-state index contributed by atoms with van der Waals surface area (Å²) in [5.74, 6) is -1.45. The quantitative estimate of drug-likeness (QED) is 0.574. The predicted octanol–water partition coefficient (Wildman–Crippen LogP) is 2.04. The number of quaternary nitrogens is 1. The van der Waals surface area contributed by atoms with E-state index in [0.717, 1.165) is 37.4 Å². The van der Waals surface area contributed by atoms with E-state index >= 15 is 0 Å². The number of carbonyl (C=O) groups is 2. The van der Waals surface area contributed by atoms with Crippen LogP contribution in [0.1, 0.15) is 28.1 Å². The molecule has 162 valence electrons. The van der Waals surface area contributed by atoms with Crippen molar-refractivity contribution >= 4 is 33.4 Å². The normalized spacial score (nSPS) is 15.1. The van der Waals surface area contributed by atoms with Crippen LogP contribution in [-0.4, -0.2) is 42.5 Å². The maximum absolute atomic E-state index is 13.1. The minimum Gasteiger partial charge on any atom is -0.550 e. The Morgan fingerprint density at radius 3 is 2.42 bits per heavy atom. The van der Waals surface area contributed by atoms with E-state index in [2.05, 4.69) is 43.6 Å². The van der Waals surface area contributed by atoms with E-state index < -0.39 is 11.4 Å². The molecule has 6 nitrogen and oxygen atoms in total. The number of rotatable bonds is 7. The van der Waals surface area contributed by atoms with Crippen LogP contribution in [0.2, 0.25) is 0 Å². The van der Waals surface area contributed by atoms with Gasteiger partial charge < -0.3 is 19.7 Å². The second-order valence-corrected chi connectivity index (χ2v) is 10.6. The summed E-state index contributed by atoms with van der Waals surface area (Å²) in [5, 5.41) is 15.2. The van der Waals surface area contributed by atoms with E-state index in [9.17, 15) is 14.7 Å². The summed E-state index contributed by atoms with van der Waals surface area (Å²) < 4.78 is 1.93. The van der Waals surface area contributed by atoms with Crippen molar-refractivity contribution in [3.05, 3.63) is 64.2 Å². The maximum atomic E-state index is 13.1. The molecule has 7 heteroatoms. The van der Waals surface area contributed by atoms with Crippen LogP contribution in [0, 0.1) is 5.41 Å². The van der Waals surface area contributed by atoms with E-state index in [4.69, 9.17) is 0 Å². The standard InChI is InChI=1S/C24H27N3O3S/c1-27(2,3)15-16-8-9-19-20(10-16)31-21(26-19)14-25-23(30)24(13-22(28)29)11-17-6-4-5-7-18(17)12-24/h4-10H,11-15H2,1-3H3,(H-,25,28,29,30). The van der Waals surface area contributed by atoms with Crippen molar-refractivity contribution in [2.75, 3.05) is 21.1 Å². The smallest absolute Gasteiger partial charge is 0.227 e. The summed E-state index contributed by atoms with van der Waals surface area (Å²) in [6.45, 7) is 1.21. The largest absolute Gasteiger partial charge is 0.550 e. The van der Waals surface area contributed by atoms with Crippen LogP contribution in [0.3, 0.4) is 0 Å². The van der Waals surface area contributed by atoms with Gasteiger partial charge in [0.2, 0.25) is 5.91 Å². The number of thiazole rings is 1. The minimum absolute atomic E-state index is 0.252. The SMILES string of the molecule is C[N+](C)(C)Cc1ccc2nc(CNC(=O)C3(CC(=O)[O-])Cc4ccccc4C3)sc2c1. The zero-order valence-corrected chi connectivity index (χ0v) is 18.9. The van der Waals surface area contributed by atoms with Crippen molar-refractivity contribution < 1.29 is 19.2 Å². The summed E-state index contributed by atoms with van der Waals surface area (Å²) in [5.41, 5.74) is 3.22. The third kappa shape index (κ3) is 4.78. The molecule has 1 amide bonds. The van der Waals surface area contributed by atoms with Crippen LogP contribution in [-0.2, 0) is 35.5 Å². The van der Waals surface area contributed by atoms with Crippen molar-refractivity contribution in [1.29, 1.82) is 0 Å². The Labute approximate surface area is 186 Å². The lowest BCUT2D eigenvalue weighted by atomic mass is 9.80. The van der Waals surface area contributed by atoms with Gasteiger partial charge >= 0.3 is 0 Å². The number of carboxylic acids is 1. The van der Waals surface area contributed by atoms with Crippen molar-refractivity contribution in [1.82, 2.24) is 10.3 Å². The molecule has 0 aliphatic heterocycles. The Kier molecular flexibility index (Phi) is 5.58. The number of benzene rings is 2. The number of aromatic nitrogens is 1. The van der Waals surface area contributed by atoms with Gasteiger partial charge in [0.25, 0.3) is 0 Å². The molecule has 0 spiro atoms. The predicted molar refractivity (Wildman–Crippen MR) is 119 cm³/mol. The summed E-state index contributed by atoms with van der Waals surface area (Å²) >= 11 is 1.56. The minimum atomic E-state index is -1.20. The summed E-state index contributed by atoms with van der Waals surface area (Å²) in [4.78, 5) is 29.2. The number of aliphatic carboxylic acids is 1. The number of amides is 1. The molecular formula is C24H27N3O3S. The monoisotopic (exact) mass is 437 g/mol. The number of nitrogens with zero attached hydrogens (tertiary/aromatic N) is 2. The van der Waals surface area contributed by atoms with E-state index in [1.54, 1.807) is 11.3 Å².